The van der Waals surface area contributed by atoms with Crippen molar-refractivity contribution in [1.82, 2.24) is 0 Å². The molecule has 0 aliphatic heterocycles. The van der Waals surface area contributed by atoms with E-state index in [9.17, 15) is 4.79 Å². The Labute approximate surface area is 140 Å². The van der Waals surface area contributed by atoms with Gasteiger partial charge in [0.2, 0.25) is 0 Å². The maximum atomic E-state index is 12.2. The third-order valence-corrected chi connectivity index (χ3v) is 4.58. The first kappa shape index (κ1) is 14.2. The molecule has 0 unspecified atom stereocenters. The van der Waals surface area contributed by atoms with Crippen LogP contribution < -0.4 is 5.63 Å². The molecule has 0 fully saturated rings. The van der Waals surface area contributed by atoms with Gasteiger partial charge in [0.05, 0.1) is 5.56 Å². The highest BCUT2D eigenvalue weighted by molar-refractivity contribution is 7.13. The smallest absolute Gasteiger partial charge is 0.417 e. The molecule has 23 heavy (non-hydrogen) atoms. The summed E-state index contributed by atoms with van der Waals surface area (Å²) < 4.78 is 11.2. The number of benzene rings is 2. The number of para-hydroxylation sites is 1. The monoisotopic (exact) mass is 341 g/mol. The van der Waals surface area contributed by atoms with Crippen molar-refractivity contribution < 1.29 is 8.83 Å². The van der Waals surface area contributed by atoms with E-state index in [1.54, 1.807) is 24.3 Å². The summed E-state index contributed by atoms with van der Waals surface area (Å²) in [6, 6.07) is 16.5. The van der Waals surface area contributed by atoms with Gasteiger partial charge in [0.1, 0.15) is 11.0 Å². The van der Waals surface area contributed by atoms with Crippen molar-refractivity contribution in [1.29, 1.82) is 0 Å². The van der Waals surface area contributed by atoms with E-state index in [1.807, 2.05) is 35.7 Å². The Kier molecular flexibility index (Phi) is 3.48. The molecule has 0 N–H and O–H groups in total. The Balaban J connectivity index is 1.81. The van der Waals surface area contributed by atoms with Gasteiger partial charge in [-0.3, -0.25) is 0 Å². The fourth-order valence-corrected chi connectivity index (χ4v) is 3.25. The SMILES string of the molecule is O=c1oc2ccccc2cc1-c1csc(-c2ccc(Cl)cc2)[o+]1. The zero-order valence-corrected chi connectivity index (χ0v) is 13.4. The second-order valence-electron chi connectivity index (χ2n) is 4.98. The number of hydrogen-bond acceptors (Lipinski definition) is 3. The Hall–Kier alpha value is -2.43. The minimum atomic E-state index is -0.409. The highest BCUT2D eigenvalue weighted by atomic mass is 35.5. The van der Waals surface area contributed by atoms with Crippen LogP contribution in [0, 0.1) is 0 Å². The lowest BCUT2D eigenvalue weighted by atomic mass is 10.1. The molecule has 4 rings (SSSR count). The van der Waals surface area contributed by atoms with E-state index in [2.05, 4.69) is 0 Å². The standard InChI is InChI=1S/C18H10ClO3S/c19-13-7-5-11(6-8-13)18-22-16(10-23-18)14-9-12-3-1-2-4-15(12)21-17(14)20/h1-10H/q+1. The van der Waals surface area contributed by atoms with Gasteiger partial charge in [-0.25, -0.2) is 4.79 Å². The van der Waals surface area contributed by atoms with Crippen LogP contribution in [0.3, 0.4) is 0 Å². The van der Waals surface area contributed by atoms with Crippen molar-refractivity contribution in [3.8, 4) is 22.0 Å². The van der Waals surface area contributed by atoms with Crippen LogP contribution in [-0.4, -0.2) is 0 Å². The van der Waals surface area contributed by atoms with Crippen molar-refractivity contribution in [3.05, 3.63) is 75.4 Å². The van der Waals surface area contributed by atoms with Crippen molar-refractivity contribution in [2.75, 3.05) is 0 Å². The molecular weight excluding hydrogens is 332 g/mol. The summed E-state index contributed by atoms with van der Waals surface area (Å²) in [6.07, 6.45) is 0. The van der Waals surface area contributed by atoms with Gasteiger partial charge < -0.3 is 4.42 Å². The van der Waals surface area contributed by atoms with Crippen LogP contribution in [0.4, 0.5) is 0 Å². The van der Waals surface area contributed by atoms with Gasteiger partial charge in [-0.2, -0.15) is 4.42 Å². The average molecular weight is 342 g/mol. The van der Waals surface area contributed by atoms with Gasteiger partial charge >= 0.3 is 16.5 Å². The van der Waals surface area contributed by atoms with E-state index >= 15 is 0 Å². The van der Waals surface area contributed by atoms with Crippen LogP contribution in [0.5, 0.6) is 0 Å². The molecule has 0 atom stereocenters. The van der Waals surface area contributed by atoms with Gasteiger partial charge in [-0.1, -0.05) is 29.8 Å². The van der Waals surface area contributed by atoms with E-state index in [0.29, 0.717) is 27.0 Å². The average Bonchev–Trinajstić information content (AvgIpc) is 3.04. The lowest BCUT2D eigenvalue weighted by Crippen LogP contribution is -2.01. The second kappa shape index (κ2) is 5.65. The van der Waals surface area contributed by atoms with Crippen LogP contribution in [0.15, 0.2) is 73.6 Å². The van der Waals surface area contributed by atoms with E-state index in [4.69, 9.17) is 20.4 Å². The van der Waals surface area contributed by atoms with Crippen LogP contribution in [0.2, 0.25) is 5.02 Å². The minimum absolute atomic E-state index is 0.409. The van der Waals surface area contributed by atoms with Gasteiger partial charge in [0.25, 0.3) is 0 Å². The summed E-state index contributed by atoms with van der Waals surface area (Å²) in [6.45, 7) is 0. The molecule has 0 amide bonds. The number of hydrogen-bond donors (Lipinski definition) is 0. The third-order valence-electron chi connectivity index (χ3n) is 3.46. The predicted molar refractivity (Wildman–Crippen MR) is 92.9 cm³/mol. The van der Waals surface area contributed by atoms with Crippen LogP contribution in [-0.2, 0) is 0 Å². The first-order valence-electron chi connectivity index (χ1n) is 6.91. The van der Waals surface area contributed by atoms with Gasteiger partial charge in [-0.05, 0) is 47.7 Å². The van der Waals surface area contributed by atoms with E-state index in [1.165, 1.54) is 11.3 Å². The maximum Gasteiger partial charge on any atom is 0.417 e. The molecule has 2 heterocycles. The fourth-order valence-electron chi connectivity index (χ4n) is 2.32. The molecule has 2 aromatic carbocycles. The molecule has 0 bridgehead atoms. The minimum Gasteiger partial charge on any atom is -0.422 e. The largest absolute Gasteiger partial charge is 0.422 e. The normalized spacial score (nSPS) is 11.0. The van der Waals surface area contributed by atoms with Crippen molar-refractivity contribution in [3.63, 3.8) is 0 Å². The van der Waals surface area contributed by atoms with E-state index in [0.717, 1.165) is 10.9 Å². The third kappa shape index (κ3) is 2.67. The molecule has 3 nitrogen and oxygen atoms in total. The Morgan fingerprint density at radius 2 is 1.83 bits per heavy atom. The molecule has 0 aliphatic carbocycles. The first-order valence-corrected chi connectivity index (χ1v) is 8.17. The van der Waals surface area contributed by atoms with Gasteiger partial charge in [0, 0.05) is 10.4 Å². The lowest BCUT2D eigenvalue weighted by Gasteiger charge is -1.95. The van der Waals surface area contributed by atoms with Crippen molar-refractivity contribution in [2.24, 2.45) is 0 Å². The molecule has 112 valence electrons. The molecule has 0 saturated heterocycles. The summed E-state index contributed by atoms with van der Waals surface area (Å²) in [7, 11) is 0. The molecular formula is C18H10ClO3S+. The van der Waals surface area contributed by atoms with Crippen LogP contribution in [0.1, 0.15) is 0 Å². The van der Waals surface area contributed by atoms with Crippen molar-refractivity contribution >= 4 is 33.9 Å². The number of rotatable bonds is 2. The number of fused-ring (bicyclic) bond motifs is 1. The van der Waals surface area contributed by atoms with Crippen LogP contribution >= 0.6 is 22.9 Å². The summed E-state index contributed by atoms with van der Waals surface area (Å²) in [5, 5.41) is 4.05. The van der Waals surface area contributed by atoms with E-state index in [-0.39, 0.29) is 0 Å². The van der Waals surface area contributed by atoms with Gasteiger partial charge in [-0.15, -0.1) is 0 Å². The molecule has 0 aliphatic rings. The molecule has 0 spiro atoms. The molecule has 0 radical (unpaired) electrons. The van der Waals surface area contributed by atoms with E-state index < -0.39 is 5.63 Å². The summed E-state index contributed by atoms with van der Waals surface area (Å²) in [5.41, 5.74) is 1.48. The highest BCUT2D eigenvalue weighted by Crippen LogP contribution is 2.32. The molecule has 2 aromatic heterocycles. The maximum absolute atomic E-state index is 12.2. The quantitative estimate of drug-likeness (QED) is 0.346. The highest BCUT2D eigenvalue weighted by Gasteiger charge is 2.24. The molecule has 5 heteroatoms. The molecule has 4 aromatic rings. The zero-order valence-electron chi connectivity index (χ0n) is 11.8. The topological polar surface area (TPSA) is 41.5 Å². The fraction of sp³-hybridized carbons (Fsp3) is 0. The lowest BCUT2D eigenvalue weighted by molar-refractivity contribution is 0.552. The van der Waals surface area contributed by atoms with Crippen LogP contribution in [0.25, 0.3) is 32.9 Å². The summed E-state index contributed by atoms with van der Waals surface area (Å²) in [4.78, 5) is 12.2. The Morgan fingerprint density at radius 3 is 2.65 bits per heavy atom. The molecule has 0 saturated carbocycles. The summed E-state index contributed by atoms with van der Waals surface area (Å²) >= 11 is 7.32. The Bertz CT molecular complexity index is 1050. The second-order valence-corrected chi connectivity index (χ2v) is 6.26. The van der Waals surface area contributed by atoms with Gasteiger partial charge in [0.15, 0.2) is 5.56 Å². The van der Waals surface area contributed by atoms with Crippen molar-refractivity contribution in [2.45, 2.75) is 0 Å². The Morgan fingerprint density at radius 1 is 1.04 bits per heavy atom. The zero-order chi connectivity index (χ0) is 15.8. The first-order chi connectivity index (χ1) is 11.2. The predicted octanol–water partition coefficient (Wildman–Crippen LogP) is 5.72. The number of halogens is 1. The summed E-state index contributed by atoms with van der Waals surface area (Å²) in [5.74, 6) is 0.499.